The average Bonchev–Trinajstić information content (AvgIpc) is 2.44. The fourth-order valence-electron chi connectivity index (χ4n) is 2.80. The Kier molecular flexibility index (Phi) is 19.7. The van der Waals surface area contributed by atoms with Gasteiger partial charge in [-0.05, 0) is 12.8 Å². The van der Waals surface area contributed by atoms with Crippen LogP contribution in [0.25, 0.3) is 0 Å². The number of hydrogen-bond donors (Lipinski definition) is 1. The van der Waals surface area contributed by atoms with Gasteiger partial charge in [0.2, 0.25) is 0 Å². The SMILES string of the molecule is CCCCCCCCC(C(O)CCCCCCC)S(=O)(=O)[O-].[K+]. The first kappa shape index (κ1) is 26.7. The molecular formula is C17H35KO4S. The van der Waals surface area contributed by atoms with Crippen molar-refractivity contribution in [3.05, 3.63) is 0 Å². The molecule has 0 amide bonds. The van der Waals surface area contributed by atoms with E-state index in [0.29, 0.717) is 19.3 Å². The Morgan fingerprint density at radius 1 is 0.783 bits per heavy atom. The van der Waals surface area contributed by atoms with Crippen molar-refractivity contribution in [2.75, 3.05) is 0 Å². The van der Waals surface area contributed by atoms with E-state index in [9.17, 15) is 18.1 Å². The minimum Gasteiger partial charge on any atom is -0.748 e. The molecule has 134 valence electrons. The standard InChI is InChI=1S/C17H36O4S.K/c1-3-5-7-9-11-13-15-17(22(19,20)21)16(18)14-12-10-8-6-4-2;/h16-18H,3-15H2,1-2H3,(H,19,20,21);/q;+1/p-1. The van der Waals surface area contributed by atoms with E-state index in [1.54, 1.807) is 0 Å². The number of rotatable bonds is 15. The summed E-state index contributed by atoms with van der Waals surface area (Å²) in [6.07, 6.45) is 11.2. The third-order valence-electron chi connectivity index (χ3n) is 4.25. The second-order valence-electron chi connectivity index (χ2n) is 6.36. The summed E-state index contributed by atoms with van der Waals surface area (Å²) >= 11 is 0. The summed E-state index contributed by atoms with van der Waals surface area (Å²) in [5, 5.41) is 8.94. The molecule has 0 aliphatic rings. The van der Waals surface area contributed by atoms with Gasteiger partial charge in [0.1, 0.15) is 10.1 Å². The molecule has 0 rings (SSSR count). The number of hydrogen-bond acceptors (Lipinski definition) is 4. The summed E-state index contributed by atoms with van der Waals surface area (Å²) in [7, 11) is -4.41. The van der Waals surface area contributed by atoms with Crippen molar-refractivity contribution in [3.8, 4) is 0 Å². The average molecular weight is 375 g/mol. The molecule has 0 saturated carbocycles. The molecule has 2 atom stereocenters. The third kappa shape index (κ3) is 15.5. The van der Waals surface area contributed by atoms with Gasteiger partial charge >= 0.3 is 51.4 Å². The molecule has 1 N–H and O–H groups in total. The number of aliphatic hydroxyl groups excluding tert-OH is 1. The van der Waals surface area contributed by atoms with Gasteiger partial charge in [0.05, 0.1) is 11.4 Å². The Morgan fingerprint density at radius 3 is 1.61 bits per heavy atom. The van der Waals surface area contributed by atoms with Crippen LogP contribution < -0.4 is 51.4 Å². The van der Waals surface area contributed by atoms with Crippen LogP contribution in [-0.2, 0) is 10.1 Å². The van der Waals surface area contributed by atoms with E-state index in [2.05, 4.69) is 13.8 Å². The topological polar surface area (TPSA) is 77.4 Å². The van der Waals surface area contributed by atoms with Gasteiger partial charge in [-0.1, -0.05) is 84.5 Å². The first-order valence-corrected chi connectivity index (χ1v) is 10.5. The fraction of sp³-hybridized carbons (Fsp3) is 1.00. The molecule has 2 unspecified atom stereocenters. The van der Waals surface area contributed by atoms with Gasteiger partial charge < -0.3 is 9.66 Å². The van der Waals surface area contributed by atoms with Crippen molar-refractivity contribution in [2.24, 2.45) is 0 Å². The van der Waals surface area contributed by atoms with Crippen LogP contribution in [0, 0.1) is 0 Å². The summed E-state index contributed by atoms with van der Waals surface area (Å²) in [5.41, 5.74) is 0. The third-order valence-corrected chi connectivity index (χ3v) is 5.54. The van der Waals surface area contributed by atoms with Crippen molar-refractivity contribution in [2.45, 2.75) is 109 Å². The van der Waals surface area contributed by atoms with E-state index < -0.39 is 21.5 Å². The van der Waals surface area contributed by atoms with Gasteiger partial charge in [-0.25, -0.2) is 8.42 Å². The molecule has 0 aromatic carbocycles. The van der Waals surface area contributed by atoms with Gasteiger partial charge in [0.15, 0.2) is 0 Å². The first-order chi connectivity index (χ1) is 10.4. The van der Waals surface area contributed by atoms with E-state index in [1.807, 2.05) is 0 Å². The fourth-order valence-corrected chi connectivity index (χ4v) is 3.77. The predicted octanol–water partition coefficient (Wildman–Crippen LogP) is 1.38. The summed E-state index contributed by atoms with van der Waals surface area (Å²) in [6, 6.07) is 0. The Morgan fingerprint density at radius 2 is 1.17 bits per heavy atom. The van der Waals surface area contributed by atoms with Crippen LogP contribution in [0.3, 0.4) is 0 Å². The summed E-state index contributed by atoms with van der Waals surface area (Å²) in [5.74, 6) is 0. The molecule has 0 saturated heterocycles. The second-order valence-corrected chi connectivity index (χ2v) is 7.95. The van der Waals surface area contributed by atoms with Gasteiger partial charge in [0.25, 0.3) is 0 Å². The molecule has 0 radical (unpaired) electrons. The zero-order valence-corrected chi connectivity index (χ0v) is 19.4. The smallest absolute Gasteiger partial charge is 0.748 e. The van der Waals surface area contributed by atoms with Crippen molar-refractivity contribution in [1.82, 2.24) is 0 Å². The summed E-state index contributed by atoms with van der Waals surface area (Å²) in [4.78, 5) is 0. The van der Waals surface area contributed by atoms with E-state index in [-0.39, 0.29) is 51.4 Å². The largest absolute Gasteiger partial charge is 1.00 e. The van der Waals surface area contributed by atoms with Gasteiger partial charge in [-0.3, -0.25) is 0 Å². The molecule has 0 aliphatic carbocycles. The summed E-state index contributed by atoms with van der Waals surface area (Å²) < 4.78 is 34.1. The van der Waals surface area contributed by atoms with E-state index >= 15 is 0 Å². The zero-order valence-electron chi connectivity index (χ0n) is 15.4. The van der Waals surface area contributed by atoms with Crippen LogP contribution in [0.4, 0.5) is 0 Å². The molecule has 0 heterocycles. The minimum absolute atomic E-state index is 0. The van der Waals surface area contributed by atoms with Gasteiger partial charge in [0, 0.05) is 0 Å². The van der Waals surface area contributed by atoms with Crippen molar-refractivity contribution in [1.29, 1.82) is 0 Å². The first-order valence-electron chi connectivity index (χ1n) is 9.06. The van der Waals surface area contributed by atoms with Crippen LogP contribution in [0.15, 0.2) is 0 Å². The molecule has 0 spiro atoms. The number of aliphatic hydroxyl groups is 1. The van der Waals surface area contributed by atoms with Gasteiger partial charge in [-0.15, -0.1) is 0 Å². The molecule has 4 nitrogen and oxygen atoms in total. The van der Waals surface area contributed by atoms with E-state index in [0.717, 1.165) is 51.4 Å². The molecule has 0 fully saturated rings. The molecule has 0 bridgehead atoms. The molecule has 0 aromatic rings. The molecule has 0 aromatic heterocycles. The minimum atomic E-state index is -4.41. The van der Waals surface area contributed by atoms with Crippen molar-refractivity contribution < 1.29 is 69.5 Å². The van der Waals surface area contributed by atoms with Gasteiger partial charge in [-0.2, -0.15) is 0 Å². The quantitative estimate of drug-likeness (QED) is 0.267. The van der Waals surface area contributed by atoms with Crippen molar-refractivity contribution in [3.63, 3.8) is 0 Å². The van der Waals surface area contributed by atoms with E-state index in [1.165, 1.54) is 12.8 Å². The predicted molar refractivity (Wildman–Crippen MR) is 90.9 cm³/mol. The maximum absolute atomic E-state index is 11.4. The zero-order chi connectivity index (χ0) is 16.8. The Labute approximate surface area is 186 Å². The molecule has 23 heavy (non-hydrogen) atoms. The number of unbranched alkanes of at least 4 members (excludes halogenated alkanes) is 9. The van der Waals surface area contributed by atoms with Crippen LogP contribution in [-0.4, -0.2) is 29.4 Å². The monoisotopic (exact) mass is 374 g/mol. The Hall–Kier alpha value is 1.51. The molecular weight excluding hydrogens is 339 g/mol. The second kappa shape index (κ2) is 16.9. The molecule has 0 aliphatic heterocycles. The van der Waals surface area contributed by atoms with E-state index in [4.69, 9.17) is 0 Å². The Balaban J connectivity index is 0. The van der Waals surface area contributed by atoms with Crippen molar-refractivity contribution >= 4 is 10.1 Å². The van der Waals surface area contributed by atoms with Crippen LogP contribution in [0.1, 0.15) is 97.3 Å². The summed E-state index contributed by atoms with van der Waals surface area (Å²) in [6.45, 7) is 4.28. The molecule has 6 heteroatoms. The maximum atomic E-state index is 11.4. The normalized spacial score (nSPS) is 14.3. The maximum Gasteiger partial charge on any atom is 1.00 e. The van der Waals surface area contributed by atoms with Crippen LogP contribution >= 0.6 is 0 Å². The Bertz CT molecular complexity index is 347. The van der Waals surface area contributed by atoms with Crippen LogP contribution in [0.2, 0.25) is 0 Å². The van der Waals surface area contributed by atoms with Crippen LogP contribution in [0.5, 0.6) is 0 Å².